The first kappa shape index (κ1) is 19.6. The molecule has 0 aromatic heterocycles. The van der Waals surface area contributed by atoms with Crippen LogP contribution in [0, 0.1) is 11.6 Å². The predicted molar refractivity (Wildman–Crippen MR) is 103 cm³/mol. The molecule has 148 valence electrons. The van der Waals surface area contributed by atoms with Gasteiger partial charge in [0.05, 0.1) is 12.1 Å². The molecule has 0 saturated heterocycles. The van der Waals surface area contributed by atoms with Gasteiger partial charge in [0.2, 0.25) is 0 Å². The van der Waals surface area contributed by atoms with Gasteiger partial charge in [-0.1, -0.05) is 12.8 Å². The standard InChI is InChI=1S/C20H22F2N4O2/c21-13-5-9-15(10-6-13)23-19(27)25-17-3-1-2-4-18(17)26-20(28)24-16-11-7-14(22)8-12-16/h5-12,17-18H,1-4H2,(H2,23,25,27)(H2,24,26,28)/t17-,18-/m0/s1. The second-order valence-corrected chi connectivity index (χ2v) is 6.71. The number of hydrogen-bond donors (Lipinski definition) is 4. The Morgan fingerprint density at radius 3 is 1.39 bits per heavy atom. The van der Waals surface area contributed by atoms with E-state index in [9.17, 15) is 18.4 Å². The van der Waals surface area contributed by atoms with Crippen LogP contribution in [-0.4, -0.2) is 24.1 Å². The molecule has 28 heavy (non-hydrogen) atoms. The van der Waals surface area contributed by atoms with Gasteiger partial charge in [-0.25, -0.2) is 18.4 Å². The zero-order valence-corrected chi connectivity index (χ0v) is 15.2. The minimum absolute atomic E-state index is 0.229. The Labute approximate surface area is 161 Å². The fourth-order valence-corrected chi connectivity index (χ4v) is 3.21. The van der Waals surface area contributed by atoms with E-state index in [1.807, 2.05) is 0 Å². The van der Waals surface area contributed by atoms with Gasteiger partial charge >= 0.3 is 12.1 Å². The van der Waals surface area contributed by atoms with Gasteiger partial charge in [-0.3, -0.25) is 0 Å². The summed E-state index contributed by atoms with van der Waals surface area (Å²) in [6.45, 7) is 0. The number of carbonyl (C=O) groups excluding carboxylic acids is 2. The summed E-state index contributed by atoms with van der Waals surface area (Å²) in [7, 11) is 0. The molecule has 8 heteroatoms. The number of hydrogen-bond acceptors (Lipinski definition) is 2. The maximum Gasteiger partial charge on any atom is 0.319 e. The van der Waals surface area contributed by atoms with Gasteiger partial charge in [-0.15, -0.1) is 0 Å². The summed E-state index contributed by atoms with van der Waals surface area (Å²) in [6.07, 6.45) is 3.36. The minimum Gasteiger partial charge on any atom is -0.333 e. The van der Waals surface area contributed by atoms with E-state index >= 15 is 0 Å². The number of halogens is 2. The van der Waals surface area contributed by atoms with E-state index < -0.39 is 12.1 Å². The molecule has 1 aliphatic carbocycles. The van der Waals surface area contributed by atoms with Crippen molar-refractivity contribution in [1.82, 2.24) is 10.6 Å². The van der Waals surface area contributed by atoms with Crippen LogP contribution in [0.2, 0.25) is 0 Å². The lowest BCUT2D eigenvalue weighted by Crippen LogP contribution is -2.54. The average Bonchev–Trinajstić information content (AvgIpc) is 2.67. The van der Waals surface area contributed by atoms with Crippen LogP contribution in [-0.2, 0) is 0 Å². The molecule has 4 amide bonds. The molecule has 2 aromatic rings. The van der Waals surface area contributed by atoms with Crippen LogP contribution in [0.5, 0.6) is 0 Å². The van der Waals surface area contributed by atoms with Crippen molar-refractivity contribution in [2.24, 2.45) is 0 Å². The molecule has 4 N–H and O–H groups in total. The number of rotatable bonds is 4. The molecule has 0 heterocycles. The van der Waals surface area contributed by atoms with Gasteiger partial charge in [0, 0.05) is 11.4 Å². The molecule has 0 aliphatic heterocycles. The van der Waals surface area contributed by atoms with Crippen molar-refractivity contribution in [1.29, 1.82) is 0 Å². The third-order valence-corrected chi connectivity index (χ3v) is 4.60. The first-order chi connectivity index (χ1) is 13.5. The fourth-order valence-electron chi connectivity index (χ4n) is 3.21. The number of benzene rings is 2. The Morgan fingerprint density at radius 1 is 0.679 bits per heavy atom. The normalized spacial score (nSPS) is 18.8. The highest BCUT2D eigenvalue weighted by atomic mass is 19.1. The SMILES string of the molecule is O=C(Nc1ccc(F)cc1)N[C@H]1CCCC[C@@H]1NC(=O)Nc1ccc(F)cc1. The Hall–Kier alpha value is -3.16. The summed E-state index contributed by atoms with van der Waals surface area (Å²) in [5, 5.41) is 11.1. The third kappa shape index (κ3) is 5.67. The molecule has 2 atom stereocenters. The summed E-state index contributed by atoms with van der Waals surface area (Å²) in [6, 6.07) is 9.67. The van der Waals surface area contributed by atoms with Crippen molar-refractivity contribution < 1.29 is 18.4 Å². The summed E-state index contributed by atoms with van der Waals surface area (Å²) in [4.78, 5) is 24.5. The first-order valence-electron chi connectivity index (χ1n) is 9.16. The monoisotopic (exact) mass is 388 g/mol. The molecule has 0 unspecified atom stereocenters. The lowest BCUT2D eigenvalue weighted by Gasteiger charge is -2.32. The maximum atomic E-state index is 13.0. The van der Waals surface area contributed by atoms with Crippen LogP contribution >= 0.6 is 0 Å². The van der Waals surface area contributed by atoms with Gasteiger partial charge in [0.15, 0.2) is 0 Å². The van der Waals surface area contributed by atoms with E-state index in [2.05, 4.69) is 21.3 Å². The van der Waals surface area contributed by atoms with Crippen molar-refractivity contribution in [2.45, 2.75) is 37.8 Å². The molecule has 0 spiro atoms. The number of nitrogens with one attached hydrogen (secondary N) is 4. The van der Waals surface area contributed by atoms with Gasteiger partial charge in [-0.2, -0.15) is 0 Å². The molecule has 1 aliphatic rings. The van der Waals surface area contributed by atoms with Crippen LogP contribution in [0.3, 0.4) is 0 Å². The third-order valence-electron chi connectivity index (χ3n) is 4.60. The van der Waals surface area contributed by atoms with Crippen LogP contribution < -0.4 is 21.3 Å². The quantitative estimate of drug-likeness (QED) is 0.633. The first-order valence-corrected chi connectivity index (χ1v) is 9.16. The zero-order chi connectivity index (χ0) is 19.9. The predicted octanol–water partition coefficient (Wildman–Crippen LogP) is 4.22. The number of amides is 4. The lowest BCUT2D eigenvalue weighted by atomic mass is 9.90. The maximum absolute atomic E-state index is 13.0. The molecule has 3 rings (SSSR count). The van der Waals surface area contributed by atoms with Crippen LogP contribution in [0.25, 0.3) is 0 Å². The number of urea groups is 2. The van der Waals surface area contributed by atoms with E-state index in [1.165, 1.54) is 48.5 Å². The van der Waals surface area contributed by atoms with E-state index in [-0.39, 0.29) is 23.7 Å². The summed E-state index contributed by atoms with van der Waals surface area (Å²) in [5.74, 6) is -0.760. The second kappa shape index (κ2) is 9.16. The van der Waals surface area contributed by atoms with Crippen molar-refractivity contribution in [3.05, 3.63) is 60.2 Å². The van der Waals surface area contributed by atoms with E-state index in [0.717, 1.165) is 25.7 Å². The van der Waals surface area contributed by atoms with Crippen molar-refractivity contribution >= 4 is 23.4 Å². The van der Waals surface area contributed by atoms with Crippen LogP contribution in [0.1, 0.15) is 25.7 Å². The summed E-state index contributed by atoms with van der Waals surface area (Å²) >= 11 is 0. The highest BCUT2D eigenvalue weighted by Gasteiger charge is 2.28. The van der Waals surface area contributed by atoms with Gasteiger partial charge in [0.25, 0.3) is 0 Å². The van der Waals surface area contributed by atoms with E-state index in [1.54, 1.807) is 0 Å². The molecule has 0 bridgehead atoms. The Balaban J connectivity index is 1.54. The Morgan fingerprint density at radius 2 is 1.04 bits per heavy atom. The number of anilines is 2. The van der Waals surface area contributed by atoms with Gasteiger partial charge in [-0.05, 0) is 61.4 Å². The summed E-state index contributed by atoms with van der Waals surface area (Å²) < 4.78 is 25.9. The van der Waals surface area contributed by atoms with Crippen molar-refractivity contribution in [3.8, 4) is 0 Å². The fraction of sp³-hybridized carbons (Fsp3) is 0.300. The van der Waals surface area contributed by atoms with Gasteiger partial charge in [0.1, 0.15) is 11.6 Å². The molecule has 6 nitrogen and oxygen atoms in total. The Bertz CT molecular complexity index is 742. The molecular formula is C20H22F2N4O2. The average molecular weight is 388 g/mol. The van der Waals surface area contributed by atoms with Crippen molar-refractivity contribution in [3.63, 3.8) is 0 Å². The second-order valence-electron chi connectivity index (χ2n) is 6.71. The van der Waals surface area contributed by atoms with Crippen LogP contribution in [0.15, 0.2) is 48.5 Å². The summed E-state index contributed by atoms with van der Waals surface area (Å²) in [5.41, 5.74) is 0.960. The van der Waals surface area contributed by atoms with Crippen LogP contribution in [0.4, 0.5) is 29.7 Å². The largest absolute Gasteiger partial charge is 0.333 e. The highest BCUT2D eigenvalue weighted by Crippen LogP contribution is 2.19. The topological polar surface area (TPSA) is 82.3 Å². The molecule has 2 aromatic carbocycles. The van der Waals surface area contributed by atoms with E-state index in [4.69, 9.17) is 0 Å². The minimum atomic E-state index is -0.413. The number of carbonyl (C=O) groups is 2. The van der Waals surface area contributed by atoms with Gasteiger partial charge < -0.3 is 21.3 Å². The zero-order valence-electron chi connectivity index (χ0n) is 15.2. The lowest BCUT2D eigenvalue weighted by molar-refractivity contribution is 0.225. The van der Waals surface area contributed by atoms with E-state index in [0.29, 0.717) is 11.4 Å². The molecule has 0 radical (unpaired) electrons. The molecule has 1 fully saturated rings. The highest BCUT2D eigenvalue weighted by molar-refractivity contribution is 5.90. The smallest absolute Gasteiger partial charge is 0.319 e. The van der Waals surface area contributed by atoms with Crippen molar-refractivity contribution in [2.75, 3.05) is 10.6 Å². The molecule has 1 saturated carbocycles. The Kier molecular flexibility index (Phi) is 6.41. The molecular weight excluding hydrogens is 366 g/mol.